The van der Waals surface area contributed by atoms with E-state index in [1.165, 1.54) is 11.8 Å². The van der Waals surface area contributed by atoms with Crippen molar-refractivity contribution in [2.24, 2.45) is 0 Å². The molecule has 1 aromatic rings. The van der Waals surface area contributed by atoms with Crippen LogP contribution >= 0.6 is 11.8 Å². The Morgan fingerprint density at radius 2 is 1.58 bits per heavy atom. The number of hydrogen-bond donors (Lipinski definition) is 1. The molecule has 1 saturated heterocycles. The van der Waals surface area contributed by atoms with E-state index >= 15 is 0 Å². The molecule has 0 atom stereocenters. The summed E-state index contributed by atoms with van der Waals surface area (Å²) in [5.41, 5.74) is 0. The summed E-state index contributed by atoms with van der Waals surface area (Å²) in [5, 5.41) is 2.76. The minimum Gasteiger partial charge on any atom is -0.346 e. The predicted molar refractivity (Wildman–Crippen MR) is 52.3 cm³/mol. The topological polar surface area (TPSA) is 29.1 Å². The Labute approximate surface area is 76.4 Å². The first kappa shape index (κ1) is 9.13. The van der Waals surface area contributed by atoms with Gasteiger partial charge in [-0.2, -0.15) is 0 Å². The molecule has 1 fully saturated rings. The van der Waals surface area contributed by atoms with Gasteiger partial charge in [0, 0.05) is 12.3 Å². The van der Waals surface area contributed by atoms with Crippen LogP contribution in [0.25, 0.3) is 0 Å². The number of rotatable bonds is 0. The van der Waals surface area contributed by atoms with Crippen LogP contribution in [0.15, 0.2) is 36.4 Å². The molecule has 3 heteroatoms. The van der Waals surface area contributed by atoms with Crippen LogP contribution < -0.4 is 5.32 Å². The van der Waals surface area contributed by atoms with Gasteiger partial charge in [-0.15, -0.1) is 0 Å². The number of benzene rings is 1. The van der Waals surface area contributed by atoms with Crippen LogP contribution in [0.1, 0.15) is 0 Å². The molecule has 0 aliphatic carbocycles. The van der Waals surface area contributed by atoms with Crippen molar-refractivity contribution < 1.29 is 4.79 Å². The van der Waals surface area contributed by atoms with Crippen molar-refractivity contribution in [2.75, 3.05) is 12.3 Å². The van der Waals surface area contributed by atoms with Crippen molar-refractivity contribution in [3.63, 3.8) is 0 Å². The highest BCUT2D eigenvalue weighted by atomic mass is 32.2. The van der Waals surface area contributed by atoms with Crippen molar-refractivity contribution in [3.05, 3.63) is 36.4 Å². The Morgan fingerprint density at radius 1 is 1.08 bits per heavy atom. The minimum atomic E-state index is 0.120. The van der Waals surface area contributed by atoms with Crippen LogP contribution in [-0.2, 0) is 0 Å². The average molecular weight is 181 g/mol. The monoisotopic (exact) mass is 181 g/mol. The number of hydrogen-bond acceptors (Lipinski definition) is 2. The molecule has 0 saturated carbocycles. The van der Waals surface area contributed by atoms with Crippen LogP contribution in [0.5, 0.6) is 0 Å². The van der Waals surface area contributed by atoms with Gasteiger partial charge in [-0.1, -0.05) is 48.2 Å². The van der Waals surface area contributed by atoms with E-state index in [-0.39, 0.29) is 5.24 Å². The van der Waals surface area contributed by atoms with Crippen LogP contribution in [0, 0.1) is 0 Å². The molecule has 0 unspecified atom stereocenters. The van der Waals surface area contributed by atoms with E-state index in [1.54, 1.807) is 0 Å². The first-order chi connectivity index (χ1) is 5.89. The van der Waals surface area contributed by atoms with Crippen molar-refractivity contribution in [3.8, 4) is 0 Å². The fourth-order valence-corrected chi connectivity index (χ4v) is 1.33. The lowest BCUT2D eigenvalue weighted by Crippen LogP contribution is -2.10. The van der Waals surface area contributed by atoms with Crippen molar-refractivity contribution in [2.45, 2.75) is 0 Å². The lowest BCUT2D eigenvalue weighted by atomic mass is 10.4. The number of carbonyl (C=O) groups excluding carboxylic acids is 1. The number of amides is 1. The van der Waals surface area contributed by atoms with Gasteiger partial charge in [-0.25, -0.2) is 0 Å². The van der Waals surface area contributed by atoms with E-state index in [0.29, 0.717) is 0 Å². The molecule has 2 rings (SSSR count). The second-order valence-corrected chi connectivity index (χ2v) is 3.29. The SMILES string of the molecule is O=C1NCCS1.c1ccccc1. The maximum absolute atomic E-state index is 10.1. The van der Waals surface area contributed by atoms with Gasteiger partial charge < -0.3 is 5.32 Å². The first-order valence-corrected chi connectivity index (χ1v) is 4.79. The van der Waals surface area contributed by atoms with E-state index in [1.807, 2.05) is 36.4 Å². The molecule has 64 valence electrons. The molecule has 1 N–H and O–H groups in total. The predicted octanol–water partition coefficient (Wildman–Crippen LogP) is 2.13. The zero-order valence-electron chi connectivity index (χ0n) is 6.69. The third-order valence-electron chi connectivity index (χ3n) is 1.27. The second kappa shape index (κ2) is 5.66. The Balaban J connectivity index is 0.000000120. The van der Waals surface area contributed by atoms with Crippen molar-refractivity contribution >= 4 is 17.0 Å². The summed E-state index contributed by atoms with van der Waals surface area (Å²) in [4.78, 5) is 10.1. The van der Waals surface area contributed by atoms with Gasteiger partial charge in [0.15, 0.2) is 0 Å². The molecular weight excluding hydrogens is 170 g/mol. The van der Waals surface area contributed by atoms with Crippen LogP contribution in [0.3, 0.4) is 0 Å². The van der Waals surface area contributed by atoms with Gasteiger partial charge in [-0.3, -0.25) is 4.79 Å². The summed E-state index contributed by atoms with van der Waals surface area (Å²) in [5.74, 6) is 0.943. The summed E-state index contributed by atoms with van der Waals surface area (Å²) < 4.78 is 0. The summed E-state index contributed by atoms with van der Waals surface area (Å²) in [6.45, 7) is 0.851. The maximum atomic E-state index is 10.1. The van der Waals surface area contributed by atoms with Crippen LogP contribution in [-0.4, -0.2) is 17.5 Å². The van der Waals surface area contributed by atoms with E-state index in [0.717, 1.165) is 12.3 Å². The third-order valence-corrected chi connectivity index (χ3v) is 2.09. The smallest absolute Gasteiger partial charge is 0.279 e. The largest absolute Gasteiger partial charge is 0.346 e. The van der Waals surface area contributed by atoms with Gasteiger partial charge in [0.25, 0.3) is 5.24 Å². The van der Waals surface area contributed by atoms with Gasteiger partial charge in [0.2, 0.25) is 0 Å². The summed E-state index contributed by atoms with van der Waals surface area (Å²) in [6, 6.07) is 12.0. The van der Waals surface area contributed by atoms with Crippen molar-refractivity contribution in [1.29, 1.82) is 0 Å². The molecule has 1 amide bonds. The average Bonchev–Trinajstić information content (AvgIpc) is 2.60. The van der Waals surface area contributed by atoms with Gasteiger partial charge in [0.05, 0.1) is 0 Å². The van der Waals surface area contributed by atoms with Gasteiger partial charge in [-0.05, 0) is 0 Å². The molecular formula is C9H11NOS. The lowest BCUT2D eigenvalue weighted by Gasteiger charge is -1.78. The Hall–Kier alpha value is -0.960. The van der Waals surface area contributed by atoms with Gasteiger partial charge in [0.1, 0.15) is 0 Å². The number of thioether (sulfide) groups is 1. The van der Waals surface area contributed by atoms with Crippen molar-refractivity contribution in [1.82, 2.24) is 5.32 Å². The summed E-state index contributed by atoms with van der Waals surface area (Å²) in [7, 11) is 0. The van der Waals surface area contributed by atoms with E-state index in [4.69, 9.17) is 0 Å². The Morgan fingerprint density at radius 3 is 1.75 bits per heavy atom. The number of nitrogens with one attached hydrogen (secondary N) is 1. The Bertz CT molecular complexity index is 191. The molecule has 0 aromatic heterocycles. The normalized spacial score (nSPS) is 14.5. The summed E-state index contributed by atoms with van der Waals surface area (Å²) in [6.07, 6.45) is 0. The molecule has 0 spiro atoms. The fourth-order valence-electron chi connectivity index (χ4n) is 0.733. The van der Waals surface area contributed by atoms with Crippen LogP contribution in [0.4, 0.5) is 4.79 Å². The molecule has 0 radical (unpaired) electrons. The highest BCUT2D eigenvalue weighted by Crippen LogP contribution is 2.04. The quantitative estimate of drug-likeness (QED) is 0.664. The second-order valence-electron chi connectivity index (χ2n) is 2.22. The van der Waals surface area contributed by atoms with E-state index in [2.05, 4.69) is 5.32 Å². The molecule has 1 heterocycles. The third kappa shape index (κ3) is 4.03. The molecule has 0 bridgehead atoms. The highest BCUT2D eigenvalue weighted by molar-refractivity contribution is 8.13. The van der Waals surface area contributed by atoms with E-state index in [9.17, 15) is 4.79 Å². The zero-order chi connectivity index (χ0) is 8.65. The Kier molecular flexibility index (Phi) is 4.31. The zero-order valence-corrected chi connectivity index (χ0v) is 7.51. The fraction of sp³-hybridized carbons (Fsp3) is 0.222. The molecule has 12 heavy (non-hydrogen) atoms. The van der Waals surface area contributed by atoms with Gasteiger partial charge >= 0.3 is 0 Å². The van der Waals surface area contributed by atoms with E-state index < -0.39 is 0 Å². The highest BCUT2D eigenvalue weighted by Gasteiger charge is 2.06. The molecule has 1 aliphatic heterocycles. The standard InChI is InChI=1S/C6H6.C3H5NOS/c1-2-4-6-5-3-1;5-3-4-1-2-6-3/h1-6H;1-2H2,(H,4,5). The molecule has 1 aliphatic rings. The maximum Gasteiger partial charge on any atom is 0.279 e. The minimum absolute atomic E-state index is 0.120. The molecule has 2 nitrogen and oxygen atoms in total. The lowest BCUT2D eigenvalue weighted by molar-refractivity contribution is 0.262. The van der Waals surface area contributed by atoms with Crippen LogP contribution in [0.2, 0.25) is 0 Å². The first-order valence-electron chi connectivity index (χ1n) is 3.80. The summed E-state index contributed by atoms with van der Waals surface area (Å²) >= 11 is 1.35. The number of carbonyl (C=O) groups is 1. The molecule has 1 aromatic carbocycles.